The van der Waals surface area contributed by atoms with Crippen LogP contribution in [0, 0.1) is 0 Å². The van der Waals surface area contributed by atoms with Crippen molar-refractivity contribution in [2.75, 3.05) is 0 Å². The summed E-state index contributed by atoms with van der Waals surface area (Å²) in [6, 6.07) is 8.12. The fraction of sp³-hybridized carbons (Fsp3) is 0.267. The minimum Gasteiger partial charge on any atom is -0.437 e. The highest BCUT2D eigenvalue weighted by Crippen LogP contribution is 2.28. The summed E-state index contributed by atoms with van der Waals surface area (Å²) in [6.07, 6.45) is 1.96. The van der Waals surface area contributed by atoms with Crippen LogP contribution < -0.4 is 10.5 Å². The Labute approximate surface area is 121 Å². The van der Waals surface area contributed by atoms with Gasteiger partial charge in [-0.05, 0) is 23.6 Å². The molecule has 0 fully saturated rings. The van der Waals surface area contributed by atoms with Crippen LogP contribution in [-0.4, -0.2) is 9.38 Å². The standard InChI is InChI=1S/C15H17N3OS/c1-10(2)11-3-5-12(6-4-11)19-14-13(9-16)18-7-8-20-15(18)17-14/h3-8,10H,9,16H2,1-2H3. The molecule has 3 rings (SSSR count). The molecule has 0 atom stereocenters. The highest BCUT2D eigenvalue weighted by Gasteiger charge is 2.13. The molecule has 3 aromatic rings. The van der Waals surface area contributed by atoms with Crippen LogP contribution >= 0.6 is 11.3 Å². The van der Waals surface area contributed by atoms with Gasteiger partial charge in [0.15, 0.2) is 4.96 Å². The lowest BCUT2D eigenvalue weighted by molar-refractivity contribution is 0.459. The second-order valence-electron chi connectivity index (χ2n) is 4.95. The van der Waals surface area contributed by atoms with E-state index in [1.54, 1.807) is 11.3 Å². The van der Waals surface area contributed by atoms with Gasteiger partial charge in [0.25, 0.3) is 0 Å². The van der Waals surface area contributed by atoms with Crippen molar-refractivity contribution in [3.63, 3.8) is 0 Å². The number of aromatic nitrogens is 2. The molecule has 0 spiro atoms. The van der Waals surface area contributed by atoms with Gasteiger partial charge in [0.1, 0.15) is 11.4 Å². The number of hydrogen-bond donors (Lipinski definition) is 1. The molecule has 0 radical (unpaired) electrons. The predicted molar refractivity (Wildman–Crippen MR) is 81.6 cm³/mol. The first-order valence-electron chi connectivity index (χ1n) is 6.61. The zero-order chi connectivity index (χ0) is 14.1. The molecule has 0 aliphatic rings. The van der Waals surface area contributed by atoms with Gasteiger partial charge in [-0.3, -0.25) is 4.40 Å². The van der Waals surface area contributed by atoms with Crippen molar-refractivity contribution in [3.05, 3.63) is 47.1 Å². The Morgan fingerprint density at radius 1 is 1.30 bits per heavy atom. The van der Waals surface area contributed by atoms with Crippen molar-refractivity contribution in [2.24, 2.45) is 5.73 Å². The predicted octanol–water partition coefficient (Wildman–Crippen LogP) is 3.77. The maximum Gasteiger partial charge on any atom is 0.243 e. The summed E-state index contributed by atoms with van der Waals surface area (Å²) in [7, 11) is 0. The number of fused-ring (bicyclic) bond motifs is 1. The van der Waals surface area contributed by atoms with E-state index in [0.717, 1.165) is 16.4 Å². The first kappa shape index (κ1) is 13.1. The lowest BCUT2D eigenvalue weighted by Crippen LogP contribution is -2.01. The van der Waals surface area contributed by atoms with Crippen LogP contribution in [0.4, 0.5) is 0 Å². The summed E-state index contributed by atoms with van der Waals surface area (Å²) in [6.45, 7) is 4.75. The minimum atomic E-state index is 0.400. The number of nitrogens with zero attached hydrogens (tertiary/aromatic N) is 2. The molecular weight excluding hydrogens is 270 g/mol. The number of hydrogen-bond acceptors (Lipinski definition) is 4. The van der Waals surface area contributed by atoms with Crippen molar-refractivity contribution in [1.29, 1.82) is 0 Å². The largest absolute Gasteiger partial charge is 0.437 e. The molecule has 0 aliphatic carbocycles. The summed E-state index contributed by atoms with van der Waals surface area (Å²) in [5.41, 5.74) is 7.99. The van der Waals surface area contributed by atoms with Crippen LogP contribution in [0.1, 0.15) is 31.0 Å². The van der Waals surface area contributed by atoms with E-state index in [-0.39, 0.29) is 0 Å². The summed E-state index contributed by atoms with van der Waals surface area (Å²) in [4.78, 5) is 5.38. The fourth-order valence-corrected chi connectivity index (χ4v) is 2.84. The van der Waals surface area contributed by atoms with Gasteiger partial charge < -0.3 is 10.5 Å². The maximum atomic E-state index is 5.87. The Morgan fingerprint density at radius 2 is 2.05 bits per heavy atom. The topological polar surface area (TPSA) is 52.5 Å². The van der Waals surface area contributed by atoms with Crippen molar-refractivity contribution in [1.82, 2.24) is 9.38 Å². The first-order valence-corrected chi connectivity index (χ1v) is 7.49. The zero-order valence-corrected chi connectivity index (χ0v) is 12.4. The number of ether oxygens (including phenoxy) is 1. The van der Waals surface area contributed by atoms with E-state index in [1.165, 1.54) is 5.56 Å². The number of thiazole rings is 1. The average Bonchev–Trinajstić information content (AvgIpc) is 2.99. The Hall–Kier alpha value is -1.85. The fourth-order valence-electron chi connectivity index (χ4n) is 2.11. The average molecular weight is 287 g/mol. The molecule has 0 amide bonds. The first-order chi connectivity index (χ1) is 9.69. The van der Waals surface area contributed by atoms with Crippen LogP contribution in [0.2, 0.25) is 0 Å². The maximum absolute atomic E-state index is 5.87. The van der Waals surface area contributed by atoms with Crippen molar-refractivity contribution >= 4 is 16.3 Å². The van der Waals surface area contributed by atoms with Gasteiger partial charge in [-0.25, -0.2) is 0 Å². The minimum absolute atomic E-state index is 0.400. The molecule has 2 aromatic heterocycles. The number of imidazole rings is 1. The Morgan fingerprint density at radius 3 is 2.70 bits per heavy atom. The van der Waals surface area contributed by atoms with E-state index in [9.17, 15) is 0 Å². The lowest BCUT2D eigenvalue weighted by Gasteiger charge is -2.08. The molecule has 0 aliphatic heterocycles. The van der Waals surface area contributed by atoms with Gasteiger partial charge >= 0.3 is 0 Å². The van der Waals surface area contributed by atoms with Gasteiger partial charge in [-0.1, -0.05) is 26.0 Å². The quantitative estimate of drug-likeness (QED) is 0.794. The third kappa shape index (κ3) is 2.30. The second-order valence-corrected chi connectivity index (χ2v) is 5.82. The summed E-state index contributed by atoms with van der Waals surface area (Å²) in [5, 5.41) is 1.99. The number of rotatable bonds is 4. The van der Waals surface area contributed by atoms with Crippen LogP contribution in [0.5, 0.6) is 11.6 Å². The Bertz CT molecular complexity index is 712. The van der Waals surface area contributed by atoms with Crippen molar-refractivity contribution in [3.8, 4) is 11.6 Å². The number of benzene rings is 1. The third-order valence-electron chi connectivity index (χ3n) is 3.28. The Kier molecular flexibility index (Phi) is 3.46. The second kappa shape index (κ2) is 5.26. The SMILES string of the molecule is CC(C)c1ccc(Oc2nc3sccn3c2CN)cc1. The molecule has 104 valence electrons. The lowest BCUT2D eigenvalue weighted by atomic mass is 10.0. The molecule has 2 N–H and O–H groups in total. The molecule has 5 heteroatoms. The molecule has 0 unspecified atom stereocenters. The van der Waals surface area contributed by atoms with Crippen molar-refractivity contribution < 1.29 is 4.74 Å². The van der Waals surface area contributed by atoms with E-state index in [2.05, 4.69) is 31.0 Å². The third-order valence-corrected chi connectivity index (χ3v) is 4.04. The number of nitrogens with two attached hydrogens (primary N) is 1. The molecule has 1 aromatic carbocycles. The monoisotopic (exact) mass is 287 g/mol. The van der Waals surface area contributed by atoms with E-state index >= 15 is 0 Å². The van der Waals surface area contributed by atoms with Crippen molar-refractivity contribution in [2.45, 2.75) is 26.3 Å². The van der Waals surface area contributed by atoms with Crippen LogP contribution in [-0.2, 0) is 6.54 Å². The Balaban J connectivity index is 1.90. The van der Waals surface area contributed by atoms with Gasteiger partial charge in [-0.2, -0.15) is 4.98 Å². The highest BCUT2D eigenvalue weighted by atomic mass is 32.1. The van der Waals surface area contributed by atoms with E-state index in [4.69, 9.17) is 10.5 Å². The highest BCUT2D eigenvalue weighted by molar-refractivity contribution is 7.15. The van der Waals surface area contributed by atoms with Gasteiger partial charge in [0, 0.05) is 18.1 Å². The van der Waals surface area contributed by atoms with Gasteiger partial charge in [0.05, 0.1) is 0 Å². The van der Waals surface area contributed by atoms with E-state index in [1.807, 2.05) is 28.1 Å². The normalized spacial score (nSPS) is 11.4. The summed E-state index contributed by atoms with van der Waals surface area (Å²) in [5.74, 6) is 1.90. The zero-order valence-electron chi connectivity index (χ0n) is 11.5. The smallest absolute Gasteiger partial charge is 0.243 e. The molecule has 0 bridgehead atoms. The van der Waals surface area contributed by atoms with Crippen LogP contribution in [0.15, 0.2) is 35.8 Å². The molecule has 2 heterocycles. The molecular formula is C15H17N3OS. The summed E-state index contributed by atoms with van der Waals surface area (Å²) >= 11 is 1.57. The summed E-state index contributed by atoms with van der Waals surface area (Å²) < 4.78 is 7.85. The van der Waals surface area contributed by atoms with Crippen LogP contribution in [0.25, 0.3) is 4.96 Å². The van der Waals surface area contributed by atoms with Crippen LogP contribution in [0.3, 0.4) is 0 Å². The molecule has 4 nitrogen and oxygen atoms in total. The van der Waals surface area contributed by atoms with Gasteiger partial charge in [0.2, 0.25) is 5.88 Å². The molecule has 0 saturated carbocycles. The molecule has 20 heavy (non-hydrogen) atoms. The molecule has 0 saturated heterocycles. The van der Waals surface area contributed by atoms with E-state index in [0.29, 0.717) is 18.3 Å². The van der Waals surface area contributed by atoms with Gasteiger partial charge in [-0.15, -0.1) is 11.3 Å². The van der Waals surface area contributed by atoms with E-state index < -0.39 is 0 Å².